The minimum Gasteiger partial charge on any atom is -0.378 e. The summed E-state index contributed by atoms with van der Waals surface area (Å²) in [6, 6.07) is 12.5. The van der Waals surface area contributed by atoms with Crippen LogP contribution in [0.5, 0.6) is 0 Å². The van der Waals surface area contributed by atoms with E-state index in [1.807, 2.05) is 35.6 Å². The number of hydrogen-bond acceptors (Lipinski definition) is 3. The van der Waals surface area contributed by atoms with Gasteiger partial charge in [0.25, 0.3) is 0 Å². The topological polar surface area (TPSA) is 55.1 Å². The molecule has 20 heavy (non-hydrogen) atoms. The van der Waals surface area contributed by atoms with Crippen molar-refractivity contribution >= 4 is 22.9 Å². The van der Waals surface area contributed by atoms with Crippen molar-refractivity contribution in [3.8, 4) is 0 Å². The van der Waals surface area contributed by atoms with Gasteiger partial charge in [-0.05, 0) is 43.2 Å². The maximum atomic E-state index is 10.9. The van der Waals surface area contributed by atoms with Gasteiger partial charge in [-0.2, -0.15) is 0 Å². The number of anilines is 1. The Labute approximate surface area is 123 Å². The average Bonchev–Trinajstić information content (AvgIpc) is 2.89. The van der Waals surface area contributed by atoms with Gasteiger partial charge in [0, 0.05) is 15.4 Å². The van der Waals surface area contributed by atoms with Crippen LogP contribution in [0.4, 0.5) is 5.69 Å². The lowest BCUT2D eigenvalue weighted by Gasteiger charge is -2.14. The summed E-state index contributed by atoms with van der Waals surface area (Å²) in [5, 5.41) is 3.47. The van der Waals surface area contributed by atoms with Crippen molar-refractivity contribution in [2.45, 2.75) is 32.7 Å². The fraction of sp³-hybridized carbons (Fsp3) is 0.312. The predicted octanol–water partition coefficient (Wildman–Crippen LogP) is 3.51. The van der Waals surface area contributed by atoms with Crippen LogP contribution in [0.1, 0.15) is 35.2 Å². The van der Waals surface area contributed by atoms with E-state index < -0.39 is 0 Å². The van der Waals surface area contributed by atoms with Crippen LogP contribution < -0.4 is 11.1 Å². The van der Waals surface area contributed by atoms with Crippen LogP contribution in [0, 0.1) is 0 Å². The van der Waals surface area contributed by atoms with Crippen LogP contribution in [0.25, 0.3) is 0 Å². The van der Waals surface area contributed by atoms with Gasteiger partial charge in [-0.3, -0.25) is 4.79 Å². The number of amides is 1. The molecule has 1 heterocycles. The maximum Gasteiger partial charge on any atom is 0.221 e. The third-order valence-electron chi connectivity index (χ3n) is 3.17. The lowest BCUT2D eigenvalue weighted by Crippen LogP contribution is -2.13. The number of aryl methyl sites for hydroxylation is 1. The third kappa shape index (κ3) is 3.84. The van der Waals surface area contributed by atoms with Gasteiger partial charge in [-0.25, -0.2) is 0 Å². The first-order valence-corrected chi connectivity index (χ1v) is 7.62. The summed E-state index contributed by atoms with van der Waals surface area (Å²) in [5.41, 5.74) is 7.18. The summed E-state index contributed by atoms with van der Waals surface area (Å²) >= 11 is 1.85. The van der Waals surface area contributed by atoms with Crippen molar-refractivity contribution in [1.82, 2.24) is 0 Å². The van der Waals surface area contributed by atoms with E-state index in [9.17, 15) is 4.79 Å². The number of primary amides is 1. The minimum absolute atomic E-state index is 0.280. The van der Waals surface area contributed by atoms with Crippen molar-refractivity contribution < 1.29 is 4.79 Å². The Morgan fingerprint density at radius 2 is 1.95 bits per heavy atom. The standard InChI is InChI=1S/C16H20N2OS/c1-3-14-8-9-15(20-14)11(2)18-13-6-4-12(5-7-13)10-16(17)19/h4-9,11,18H,3,10H2,1-2H3,(H2,17,19). The molecule has 1 aromatic carbocycles. The predicted molar refractivity (Wildman–Crippen MR) is 85.1 cm³/mol. The summed E-state index contributed by atoms with van der Waals surface area (Å²) in [5.74, 6) is -0.301. The Morgan fingerprint density at radius 1 is 1.25 bits per heavy atom. The molecule has 1 atom stereocenters. The first kappa shape index (κ1) is 14.6. The molecular formula is C16H20N2OS. The normalized spacial score (nSPS) is 12.1. The Bertz CT molecular complexity index is 574. The van der Waals surface area contributed by atoms with Crippen molar-refractivity contribution in [2.24, 2.45) is 5.73 Å². The molecule has 1 amide bonds. The lowest BCUT2D eigenvalue weighted by molar-refractivity contribution is -0.117. The first-order chi connectivity index (χ1) is 9.58. The van der Waals surface area contributed by atoms with E-state index in [2.05, 4.69) is 31.3 Å². The highest BCUT2D eigenvalue weighted by atomic mass is 32.1. The molecule has 2 rings (SSSR count). The molecule has 0 saturated heterocycles. The van der Waals surface area contributed by atoms with Gasteiger partial charge in [0.2, 0.25) is 5.91 Å². The highest BCUT2D eigenvalue weighted by Crippen LogP contribution is 2.26. The van der Waals surface area contributed by atoms with E-state index in [0.29, 0.717) is 6.42 Å². The second-order valence-electron chi connectivity index (χ2n) is 4.86. The summed E-state index contributed by atoms with van der Waals surface area (Å²) in [6.07, 6.45) is 1.37. The van der Waals surface area contributed by atoms with E-state index >= 15 is 0 Å². The quantitative estimate of drug-likeness (QED) is 0.854. The molecule has 106 valence electrons. The second-order valence-corrected chi connectivity index (χ2v) is 6.06. The summed E-state index contributed by atoms with van der Waals surface area (Å²) in [6.45, 7) is 4.33. The second kappa shape index (κ2) is 6.57. The summed E-state index contributed by atoms with van der Waals surface area (Å²) in [7, 11) is 0. The number of carbonyl (C=O) groups excluding carboxylic acids is 1. The number of benzene rings is 1. The highest BCUT2D eigenvalue weighted by molar-refractivity contribution is 7.12. The number of nitrogens with one attached hydrogen (secondary N) is 1. The number of thiophene rings is 1. The first-order valence-electron chi connectivity index (χ1n) is 6.81. The Balaban J connectivity index is 2.00. The molecule has 0 fully saturated rings. The zero-order chi connectivity index (χ0) is 14.5. The molecule has 2 aromatic rings. The van der Waals surface area contributed by atoms with Gasteiger partial charge in [-0.1, -0.05) is 19.1 Å². The molecule has 0 spiro atoms. The van der Waals surface area contributed by atoms with Crippen molar-refractivity contribution in [3.05, 3.63) is 51.7 Å². The molecule has 0 saturated carbocycles. The van der Waals surface area contributed by atoms with Gasteiger partial charge in [0.05, 0.1) is 12.5 Å². The fourth-order valence-corrected chi connectivity index (χ4v) is 3.01. The summed E-state index contributed by atoms with van der Waals surface area (Å²) < 4.78 is 0. The number of carbonyl (C=O) groups is 1. The van der Waals surface area contributed by atoms with Gasteiger partial charge >= 0.3 is 0 Å². The van der Waals surface area contributed by atoms with E-state index in [-0.39, 0.29) is 11.9 Å². The zero-order valence-electron chi connectivity index (χ0n) is 11.8. The molecule has 1 unspecified atom stereocenters. The van der Waals surface area contributed by atoms with Crippen molar-refractivity contribution in [1.29, 1.82) is 0 Å². The largest absolute Gasteiger partial charge is 0.378 e. The van der Waals surface area contributed by atoms with Crippen LogP contribution >= 0.6 is 11.3 Å². The molecule has 0 radical (unpaired) electrons. The fourth-order valence-electron chi connectivity index (χ4n) is 2.06. The average molecular weight is 288 g/mol. The van der Waals surface area contributed by atoms with Gasteiger partial charge < -0.3 is 11.1 Å². The van der Waals surface area contributed by atoms with Crippen molar-refractivity contribution in [2.75, 3.05) is 5.32 Å². The number of rotatable bonds is 6. The van der Waals surface area contributed by atoms with Gasteiger partial charge in [0.15, 0.2) is 0 Å². The van der Waals surface area contributed by atoms with Crippen LogP contribution in [-0.2, 0) is 17.6 Å². The maximum absolute atomic E-state index is 10.9. The molecule has 1 aromatic heterocycles. The molecular weight excluding hydrogens is 268 g/mol. The van der Waals surface area contributed by atoms with Crippen LogP contribution in [-0.4, -0.2) is 5.91 Å². The van der Waals surface area contributed by atoms with E-state index in [4.69, 9.17) is 5.73 Å². The lowest BCUT2D eigenvalue weighted by atomic mass is 10.1. The van der Waals surface area contributed by atoms with Crippen LogP contribution in [0.3, 0.4) is 0 Å². The zero-order valence-corrected chi connectivity index (χ0v) is 12.7. The molecule has 0 aliphatic heterocycles. The van der Waals surface area contributed by atoms with Gasteiger partial charge in [0.1, 0.15) is 0 Å². The van der Waals surface area contributed by atoms with Crippen molar-refractivity contribution in [3.63, 3.8) is 0 Å². The highest BCUT2D eigenvalue weighted by Gasteiger charge is 2.08. The molecule has 3 nitrogen and oxygen atoms in total. The molecule has 3 N–H and O–H groups in total. The molecule has 0 aliphatic rings. The third-order valence-corrected chi connectivity index (χ3v) is 4.59. The SMILES string of the molecule is CCc1ccc(C(C)Nc2ccc(CC(N)=O)cc2)s1. The molecule has 4 heteroatoms. The Morgan fingerprint density at radius 3 is 2.50 bits per heavy atom. The van der Waals surface area contributed by atoms with Gasteiger partial charge in [-0.15, -0.1) is 11.3 Å². The van der Waals surface area contributed by atoms with Crippen LogP contribution in [0.2, 0.25) is 0 Å². The Hall–Kier alpha value is -1.81. The Kier molecular flexibility index (Phi) is 4.79. The van der Waals surface area contributed by atoms with E-state index in [0.717, 1.165) is 17.7 Å². The van der Waals surface area contributed by atoms with E-state index in [1.54, 1.807) is 0 Å². The number of nitrogens with two attached hydrogens (primary N) is 1. The smallest absolute Gasteiger partial charge is 0.221 e. The minimum atomic E-state index is -0.301. The number of hydrogen-bond donors (Lipinski definition) is 2. The van der Waals surface area contributed by atoms with E-state index in [1.165, 1.54) is 9.75 Å². The molecule has 0 bridgehead atoms. The van der Waals surface area contributed by atoms with Crippen LogP contribution in [0.15, 0.2) is 36.4 Å². The molecule has 0 aliphatic carbocycles. The monoisotopic (exact) mass is 288 g/mol. The summed E-state index contributed by atoms with van der Waals surface area (Å²) in [4.78, 5) is 13.6.